The van der Waals surface area contributed by atoms with Crippen molar-refractivity contribution in [2.75, 3.05) is 6.61 Å². The van der Waals surface area contributed by atoms with Crippen LogP contribution in [0.4, 0.5) is 4.39 Å². The summed E-state index contributed by atoms with van der Waals surface area (Å²) in [5, 5.41) is 0. The second-order valence-electron chi connectivity index (χ2n) is 7.44. The molecule has 0 aliphatic carbocycles. The summed E-state index contributed by atoms with van der Waals surface area (Å²) in [4.78, 5) is 40.2. The Morgan fingerprint density at radius 1 is 1.10 bits per heavy atom. The van der Waals surface area contributed by atoms with Gasteiger partial charge in [-0.15, -0.1) is 0 Å². The van der Waals surface area contributed by atoms with Gasteiger partial charge in [-0.3, -0.25) is 9.59 Å². The lowest BCUT2D eigenvalue weighted by molar-refractivity contribution is -0.132. The van der Waals surface area contributed by atoms with Crippen molar-refractivity contribution in [2.24, 2.45) is 0 Å². The van der Waals surface area contributed by atoms with Gasteiger partial charge in [0.2, 0.25) is 5.91 Å². The summed E-state index contributed by atoms with van der Waals surface area (Å²) in [5.41, 5.74) is 2.76. The van der Waals surface area contributed by atoms with Crippen molar-refractivity contribution < 1.29 is 23.5 Å². The first-order valence-electron chi connectivity index (χ1n) is 10.6. The molecule has 7 heteroatoms. The van der Waals surface area contributed by atoms with Crippen molar-refractivity contribution in [2.45, 2.75) is 67.1 Å². The van der Waals surface area contributed by atoms with E-state index in [1.54, 1.807) is 51.3 Å². The number of Topliss-reactive ketones (excluding diaryl/α,β-unsaturated/α-hetero) is 1. The van der Waals surface area contributed by atoms with Crippen LogP contribution in [0.3, 0.4) is 0 Å². The van der Waals surface area contributed by atoms with Gasteiger partial charge in [-0.2, -0.15) is 0 Å². The number of amides is 1. The van der Waals surface area contributed by atoms with E-state index in [2.05, 4.69) is 0 Å². The molecule has 1 aromatic carbocycles. The molecule has 1 heterocycles. The number of halogens is 1. The predicted octanol–water partition coefficient (Wildman–Crippen LogP) is 4.45. The summed E-state index contributed by atoms with van der Waals surface area (Å²) in [6.07, 6.45) is 0.237. The summed E-state index contributed by atoms with van der Waals surface area (Å²) in [7, 11) is 0. The van der Waals surface area contributed by atoms with Gasteiger partial charge in [0.15, 0.2) is 5.78 Å². The SMILES string of the molecule is CCOC(=O)c1c(C)c(C(=O)[C@H](C)N(Cc2ccc(F)cc2)C(=O)CC)c(C)n1CC. The molecule has 0 saturated carbocycles. The van der Waals surface area contributed by atoms with Crippen LogP contribution >= 0.6 is 0 Å². The van der Waals surface area contributed by atoms with Gasteiger partial charge in [-0.05, 0) is 57.9 Å². The maximum atomic E-state index is 13.5. The van der Waals surface area contributed by atoms with Gasteiger partial charge in [0.1, 0.15) is 11.5 Å². The summed E-state index contributed by atoms with van der Waals surface area (Å²) >= 11 is 0. The molecular formula is C24H31FN2O4. The Balaban J connectivity index is 2.45. The number of benzene rings is 1. The lowest BCUT2D eigenvalue weighted by Gasteiger charge is -2.28. The smallest absolute Gasteiger partial charge is 0.355 e. The predicted molar refractivity (Wildman–Crippen MR) is 117 cm³/mol. The minimum absolute atomic E-state index is 0.180. The van der Waals surface area contributed by atoms with Crippen molar-refractivity contribution in [3.05, 3.63) is 58.2 Å². The number of rotatable bonds is 9. The third-order valence-corrected chi connectivity index (χ3v) is 5.53. The second kappa shape index (κ2) is 10.4. The zero-order valence-corrected chi connectivity index (χ0v) is 19.1. The number of ether oxygens (including phenoxy) is 1. The maximum Gasteiger partial charge on any atom is 0.355 e. The van der Waals surface area contributed by atoms with Crippen molar-refractivity contribution in [1.29, 1.82) is 0 Å². The maximum absolute atomic E-state index is 13.5. The first kappa shape index (κ1) is 24.3. The fourth-order valence-electron chi connectivity index (χ4n) is 3.90. The summed E-state index contributed by atoms with van der Waals surface area (Å²) in [6.45, 7) is 11.5. The number of carbonyl (C=O) groups is 3. The third-order valence-electron chi connectivity index (χ3n) is 5.53. The van der Waals surface area contributed by atoms with Gasteiger partial charge in [0, 0.05) is 30.8 Å². The van der Waals surface area contributed by atoms with Crippen LogP contribution < -0.4 is 0 Å². The van der Waals surface area contributed by atoms with Gasteiger partial charge in [-0.1, -0.05) is 19.1 Å². The number of nitrogens with zero attached hydrogens (tertiary/aromatic N) is 2. The Morgan fingerprint density at radius 2 is 1.71 bits per heavy atom. The number of hydrogen-bond donors (Lipinski definition) is 0. The number of hydrogen-bond acceptors (Lipinski definition) is 4. The number of esters is 1. The van der Waals surface area contributed by atoms with Gasteiger partial charge >= 0.3 is 5.97 Å². The van der Waals surface area contributed by atoms with Gasteiger partial charge in [0.05, 0.1) is 12.6 Å². The first-order valence-corrected chi connectivity index (χ1v) is 10.6. The van der Waals surface area contributed by atoms with Crippen LogP contribution in [0.1, 0.15) is 71.8 Å². The molecule has 2 rings (SSSR count). The van der Waals surface area contributed by atoms with E-state index in [4.69, 9.17) is 4.74 Å². The molecule has 2 aromatic rings. The van der Waals surface area contributed by atoms with Crippen LogP contribution in [0.25, 0.3) is 0 Å². The van der Waals surface area contributed by atoms with Crippen LogP contribution in [-0.2, 0) is 22.6 Å². The monoisotopic (exact) mass is 430 g/mol. The molecule has 1 amide bonds. The number of carbonyl (C=O) groups excluding carboxylic acids is 3. The fraction of sp³-hybridized carbons (Fsp3) is 0.458. The van der Waals surface area contributed by atoms with Crippen LogP contribution in [0.5, 0.6) is 0 Å². The van der Waals surface area contributed by atoms with E-state index < -0.39 is 12.0 Å². The van der Waals surface area contributed by atoms with Gasteiger partial charge < -0.3 is 14.2 Å². The molecule has 31 heavy (non-hydrogen) atoms. The highest BCUT2D eigenvalue weighted by molar-refractivity contribution is 6.06. The zero-order chi connectivity index (χ0) is 23.3. The second-order valence-corrected chi connectivity index (χ2v) is 7.44. The standard InChI is InChI=1S/C24H31FN2O4/c1-7-20(28)27(14-18-10-12-19(25)13-11-18)17(6)23(29)21-15(4)22(24(30)31-9-3)26(8-2)16(21)5/h10-13,17H,7-9,14H2,1-6H3/t17-/m0/s1. The molecule has 0 unspecified atom stereocenters. The Labute approximate surface area is 183 Å². The average molecular weight is 431 g/mol. The normalized spacial score (nSPS) is 11.8. The Kier molecular flexibility index (Phi) is 8.14. The van der Waals surface area contributed by atoms with E-state index in [1.807, 2.05) is 6.92 Å². The van der Waals surface area contributed by atoms with Crippen LogP contribution in [0.15, 0.2) is 24.3 Å². The highest BCUT2D eigenvalue weighted by atomic mass is 19.1. The van der Waals surface area contributed by atoms with Gasteiger partial charge in [0.25, 0.3) is 0 Å². The molecule has 1 aromatic heterocycles. The molecule has 0 bridgehead atoms. The molecule has 0 spiro atoms. The molecule has 1 atom stereocenters. The zero-order valence-electron chi connectivity index (χ0n) is 19.1. The quantitative estimate of drug-likeness (QED) is 0.435. The van der Waals surface area contributed by atoms with E-state index in [9.17, 15) is 18.8 Å². The Morgan fingerprint density at radius 3 is 2.23 bits per heavy atom. The Bertz CT molecular complexity index is 963. The summed E-state index contributed by atoms with van der Waals surface area (Å²) < 4.78 is 20.2. The molecule has 0 fully saturated rings. The minimum atomic E-state index is -0.752. The largest absolute Gasteiger partial charge is 0.461 e. The first-order chi connectivity index (χ1) is 14.7. The van der Waals surface area contributed by atoms with Crippen molar-refractivity contribution in [1.82, 2.24) is 9.47 Å². The third kappa shape index (κ3) is 5.03. The fourth-order valence-corrected chi connectivity index (χ4v) is 3.90. The molecule has 168 valence electrons. The van der Waals surface area contributed by atoms with Crippen LogP contribution in [0, 0.1) is 19.7 Å². The van der Waals surface area contributed by atoms with Crippen LogP contribution in [-0.4, -0.2) is 39.8 Å². The number of ketones is 1. The lowest BCUT2D eigenvalue weighted by Crippen LogP contribution is -2.42. The molecule has 0 radical (unpaired) electrons. The van der Waals surface area contributed by atoms with E-state index in [0.717, 1.165) is 5.56 Å². The molecular weight excluding hydrogens is 399 g/mol. The highest BCUT2D eigenvalue weighted by Gasteiger charge is 2.32. The average Bonchev–Trinajstić information content (AvgIpc) is 3.01. The van der Waals surface area contributed by atoms with E-state index in [0.29, 0.717) is 29.1 Å². The molecule has 0 aliphatic rings. The summed E-state index contributed by atoms with van der Waals surface area (Å²) in [6, 6.07) is 5.12. The topological polar surface area (TPSA) is 68.6 Å². The van der Waals surface area contributed by atoms with Crippen LogP contribution in [0.2, 0.25) is 0 Å². The highest BCUT2D eigenvalue weighted by Crippen LogP contribution is 2.26. The van der Waals surface area contributed by atoms with Crippen molar-refractivity contribution >= 4 is 17.7 Å². The molecule has 0 N–H and O–H groups in total. The molecule has 0 saturated heterocycles. The van der Waals surface area contributed by atoms with E-state index in [1.165, 1.54) is 17.0 Å². The van der Waals surface area contributed by atoms with Gasteiger partial charge in [-0.25, -0.2) is 9.18 Å². The number of aromatic nitrogens is 1. The minimum Gasteiger partial charge on any atom is -0.461 e. The lowest BCUT2D eigenvalue weighted by atomic mass is 9.99. The molecule has 0 aliphatic heterocycles. The Hall–Kier alpha value is -2.96. The summed E-state index contributed by atoms with van der Waals surface area (Å²) in [5.74, 6) is -1.25. The van der Waals surface area contributed by atoms with Crippen molar-refractivity contribution in [3.8, 4) is 0 Å². The van der Waals surface area contributed by atoms with E-state index in [-0.39, 0.29) is 37.1 Å². The van der Waals surface area contributed by atoms with Crippen molar-refractivity contribution in [3.63, 3.8) is 0 Å². The van der Waals surface area contributed by atoms with E-state index >= 15 is 0 Å². The molecule has 6 nitrogen and oxygen atoms in total.